The fourth-order valence-electron chi connectivity index (χ4n) is 6.43. The van der Waals surface area contributed by atoms with Crippen LogP contribution >= 0.6 is 0 Å². The molecule has 0 bridgehead atoms. The van der Waals surface area contributed by atoms with Crippen molar-refractivity contribution in [2.75, 3.05) is 6.61 Å². The highest BCUT2D eigenvalue weighted by atomic mass is 28.4. The molecule has 3 nitrogen and oxygen atoms in total. The van der Waals surface area contributed by atoms with E-state index in [1.54, 1.807) is 0 Å². The van der Waals surface area contributed by atoms with Gasteiger partial charge in [0.2, 0.25) is 0 Å². The first-order valence-corrected chi connectivity index (χ1v) is 16.3. The fourth-order valence-corrected chi connectivity index (χ4v) is 11.9. The van der Waals surface area contributed by atoms with Crippen LogP contribution in [0.1, 0.15) is 143 Å². The van der Waals surface area contributed by atoms with Crippen molar-refractivity contribution >= 4 is 14.1 Å². The minimum absolute atomic E-state index is 0.0473. The summed E-state index contributed by atoms with van der Waals surface area (Å²) < 4.78 is 13.5. The molecule has 1 aromatic carbocycles. The number of rotatable bonds is 12. The molecule has 0 unspecified atom stereocenters. The maximum atomic E-state index is 12.7. The maximum absolute atomic E-state index is 12.7. The number of carbonyl (C=O) groups excluding carboxylic acids is 1. The van der Waals surface area contributed by atoms with Crippen LogP contribution < -0.4 is 0 Å². The van der Waals surface area contributed by atoms with Crippen molar-refractivity contribution in [3.8, 4) is 0 Å². The fraction of sp³-hybridized carbons (Fsp3) is 0.774. The van der Waals surface area contributed by atoms with E-state index in [0.29, 0.717) is 53.2 Å². The molecule has 1 aliphatic rings. The van der Waals surface area contributed by atoms with Gasteiger partial charge in [-0.2, -0.15) is 0 Å². The van der Waals surface area contributed by atoms with Crippen molar-refractivity contribution in [3.63, 3.8) is 0 Å². The van der Waals surface area contributed by atoms with Crippen molar-refractivity contribution in [1.29, 1.82) is 0 Å². The van der Waals surface area contributed by atoms with E-state index in [1.807, 2.05) is 0 Å². The zero-order valence-electron chi connectivity index (χ0n) is 25.0. The quantitative estimate of drug-likeness (QED) is 0.267. The minimum atomic E-state index is -2.01. The second-order valence-electron chi connectivity index (χ2n) is 12.8. The maximum Gasteiger partial charge on any atom is 0.200 e. The summed E-state index contributed by atoms with van der Waals surface area (Å²) in [5, 5.41) is 0. The molecule has 1 saturated carbocycles. The summed E-state index contributed by atoms with van der Waals surface area (Å²) in [5.41, 5.74) is 7.03. The highest BCUT2D eigenvalue weighted by Crippen LogP contribution is 2.44. The SMILES string of the molecule is CC(C)c1cc(C(C)C)c([C@H](C)O[C@H]2CC(=O)[C@H]2CO[Si](C(C)C)(C(C)C)C(C)C)c(C(C)C)c1. The van der Waals surface area contributed by atoms with Gasteiger partial charge in [-0.3, -0.25) is 4.79 Å². The average Bonchev–Trinajstić information content (AvgIpc) is 2.74. The summed E-state index contributed by atoms with van der Waals surface area (Å²) in [7, 11) is -2.01. The molecule has 35 heavy (non-hydrogen) atoms. The zero-order valence-corrected chi connectivity index (χ0v) is 26.0. The summed E-state index contributed by atoms with van der Waals surface area (Å²) in [6.07, 6.45) is 0.408. The first kappa shape index (κ1) is 30.3. The molecule has 4 heteroatoms. The van der Waals surface area contributed by atoms with Crippen molar-refractivity contribution < 1.29 is 14.0 Å². The van der Waals surface area contributed by atoms with Gasteiger partial charge in [0, 0.05) is 13.0 Å². The third kappa shape index (κ3) is 6.30. The van der Waals surface area contributed by atoms with E-state index in [9.17, 15) is 4.79 Å². The molecule has 0 N–H and O–H groups in total. The Balaban J connectivity index is 2.30. The highest BCUT2D eigenvalue weighted by Gasteiger charge is 2.48. The Kier molecular flexibility index (Phi) is 10.4. The Hall–Kier alpha value is -0.973. The van der Waals surface area contributed by atoms with Gasteiger partial charge in [0.25, 0.3) is 0 Å². The normalized spacial score (nSPS) is 20.1. The number of Topliss-reactive ketones (excluding diaryl/α,β-unsaturated/α-hetero) is 1. The van der Waals surface area contributed by atoms with Crippen molar-refractivity contribution in [2.45, 2.75) is 143 Å². The van der Waals surface area contributed by atoms with Crippen LogP contribution in [0.15, 0.2) is 12.1 Å². The van der Waals surface area contributed by atoms with Gasteiger partial charge in [-0.05, 0) is 63.6 Å². The molecule has 0 saturated heterocycles. The second-order valence-corrected chi connectivity index (χ2v) is 18.3. The number of hydrogen-bond acceptors (Lipinski definition) is 3. The van der Waals surface area contributed by atoms with Gasteiger partial charge in [0.1, 0.15) is 5.78 Å². The molecule has 3 atom stereocenters. The Bertz CT molecular complexity index is 802. The van der Waals surface area contributed by atoms with Crippen molar-refractivity contribution in [3.05, 3.63) is 34.4 Å². The second kappa shape index (κ2) is 12.0. The summed E-state index contributed by atoms with van der Waals surface area (Å²) in [6.45, 7) is 30.1. The van der Waals surface area contributed by atoms with Gasteiger partial charge < -0.3 is 9.16 Å². The van der Waals surface area contributed by atoms with Crippen molar-refractivity contribution in [2.24, 2.45) is 5.92 Å². The van der Waals surface area contributed by atoms with Gasteiger partial charge in [-0.25, -0.2) is 0 Å². The first-order chi connectivity index (χ1) is 16.1. The third-order valence-electron chi connectivity index (χ3n) is 8.45. The van der Waals surface area contributed by atoms with Crippen LogP contribution in [-0.2, 0) is 14.0 Å². The molecule has 0 amide bonds. The monoisotopic (exact) mass is 502 g/mol. The molecule has 1 fully saturated rings. The van der Waals surface area contributed by atoms with Gasteiger partial charge >= 0.3 is 0 Å². The molecule has 0 spiro atoms. The van der Waals surface area contributed by atoms with E-state index in [0.717, 1.165) is 0 Å². The summed E-state index contributed by atoms with van der Waals surface area (Å²) in [5.74, 6) is 1.49. The number of ether oxygens (including phenoxy) is 1. The highest BCUT2D eigenvalue weighted by molar-refractivity contribution is 6.77. The molecule has 1 aromatic rings. The topological polar surface area (TPSA) is 35.5 Å². The van der Waals surface area contributed by atoms with Crippen LogP contribution in [0.5, 0.6) is 0 Å². The predicted molar refractivity (Wildman–Crippen MR) is 152 cm³/mol. The molecule has 1 aliphatic carbocycles. The van der Waals surface area contributed by atoms with Crippen LogP contribution in [0.3, 0.4) is 0 Å². The lowest BCUT2D eigenvalue weighted by molar-refractivity contribution is -0.154. The number of carbonyl (C=O) groups is 1. The van der Waals surface area contributed by atoms with Gasteiger partial charge in [-0.1, -0.05) is 95.2 Å². The van der Waals surface area contributed by atoms with E-state index in [4.69, 9.17) is 9.16 Å². The van der Waals surface area contributed by atoms with Crippen molar-refractivity contribution in [1.82, 2.24) is 0 Å². The van der Waals surface area contributed by atoms with E-state index in [-0.39, 0.29) is 18.1 Å². The van der Waals surface area contributed by atoms with E-state index >= 15 is 0 Å². The Morgan fingerprint density at radius 1 is 0.771 bits per heavy atom. The van der Waals surface area contributed by atoms with E-state index < -0.39 is 8.32 Å². The van der Waals surface area contributed by atoms with Gasteiger partial charge in [0.05, 0.1) is 18.1 Å². The smallest absolute Gasteiger partial charge is 0.200 e. The standard InChI is InChI=1S/C31H54O3Si/c1-18(2)25-14-26(19(3)4)31(27(15-25)20(5)6)24(13)34-30-16-29(32)28(30)17-33-35(21(7)8,22(9)10)23(11)12/h14-15,18-24,28,30H,16-17H2,1-13H3/t24-,28+,30-/m0/s1. The molecule has 0 radical (unpaired) electrons. The number of hydrogen-bond donors (Lipinski definition) is 0. The summed E-state index contributed by atoms with van der Waals surface area (Å²) in [6, 6.07) is 4.77. The number of benzene rings is 1. The van der Waals surface area contributed by atoms with E-state index in [1.165, 1.54) is 22.3 Å². The lowest BCUT2D eigenvalue weighted by atomic mass is 9.80. The molecule has 0 aromatic heterocycles. The van der Waals surface area contributed by atoms with Crippen LogP contribution in [0.2, 0.25) is 16.6 Å². The molecule has 0 heterocycles. The average molecular weight is 503 g/mol. The summed E-state index contributed by atoms with van der Waals surface area (Å²) >= 11 is 0. The Morgan fingerprint density at radius 2 is 1.23 bits per heavy atom. The molecule has 200 valence electrons. The summed E-state index contributed by atoms with van der Waals surface area (Å²) in [4.78, 5) is 12.7. The van der Waals surface area contributed by atoms with E-state index in [2.05, 4.69) is 102 Å². The molecule has 0 aliphatic heterocycles. The number of ketones is 1. The van der Waals surface area contributed by atoms with Crippen LogP contribution in [0.25, 0.3) is 0 Å². The Labute approximate surface area is 217 Å². The first-order valence-electron chi connectivity index (χ1n) is 14.1. The molecular formula is C31H54O3Si. The molecular weight excluding hydrogens is 448 g/mol. The lowest BCUT2D eigenvalue weighted by Crippen LogP contribution is -2.53. The molecule has 2 rings (SSSR count). The predicted octanol–water partition coefficient (Wildman–Crippen LogP) is 9.28. The van der Waals surface area contributed by atoms with Crippen LogP contribution in [0.4, 0.5) is 0 Å². The largest absolute Gasteiger partial charge is 0.415 e. The van der Waals surface area contributed by atoms with Crippen LogP contribution in [-0.4, -0.2) is 26.8 Å². The van der Waals surface area contributed by atoms with Crippen LogP contribution in [0, 0.1) is 5.92 Å². The van der Waals surface area contributed by atoms with Gasteiger partial charge in [-0.15, -0.1) is 0 Å². The lowest BCUT2D eigenvalue weighted by Gasteiger charge is -2.45. The Morgan fingerprint density at radius 3 is 1.57 bits per heavy atom. The third-order valence-corrected chi connectivity index (χ3v) is 14.5. The minimum Gasteiger partial charge on any atom is -0.415 e. The zero-order chi connectivity index (χ0) is 26.8. The van der Waals surface area contributed by atoms with Gasteiger partial charge in [0.15, 0.2) is 8.32 Å².